The molecule has 0 bridgehead atoms. The third-order valence-electron chi connectivity index (χ3n) is 3.18. The Morgan fingerprint density at radius 3 is 2.76 bits per heavy atom. The number of hydrogen-bond donors (Lipinski definition) is 3. The fourth-order valence-electron chi connectivity index (χ4n) is 1.91. The standard InChI is InChI=1S/C12H20N6O2S/c1-4-13-7-10-9(2)16-17-12(10)21(19,20)15-8-11-14-5-6-18(11)3/h5-6,13,15H,4,7-8H2,1-3H3,(H,16,17). The van der Waals surface area contributed by atoms with Crippen LogP contribution in [-0.2, 0) is 30.2 Å². The first-order valence-electron chi connectivity index (χ1n) is 6.66. The predicted molar refractivity (Wildman–Crippen MR) is 77.9 cm³/mol. The van der Waals surface area contributed by atoms with E-state index >= 15 is 0 Å². The van der Waals surface area contributed by atoms with Crippen molar-refractivity contribution in [3.8, 4) is 0 Å². The molecular weight excluding hydrogens is 292 g/mol. The van der Waals surface area contributed by atoms with Crippen LogP contribution in [0, 0.1) is 6.92 Å². The number of hydrogen-bond acceptors (Lipinski definition) is 5. The molecule has 0 aromatic carbocycles. The summed E-state index contributed by atoms with van der Waals surface area (Å²) in [5.41, 5.74) is 1.40. The van der Waals surface area contributed by atoms with E-state index in [4.69, 9.17) is 0 Å². The van der Waals surface area contributed by atoms with Gasteiger partial charge in [-0.1, -0.05) is 6.92 Å². The maximum Gasteiger partial charge on any atom is 0.260 e. The fraction of sp³-hybridized carbons (Fsp3) is 0.500. The van der Waals surface area contributed by atoms with Crippen LogP contribution in [-0.4, -0.2) is 34.7 Å². The second kappa shape index (κ2) is 6.37. The Morgan fingerprint density at radius 1 is 1.38 bits per heavy atom. The molecular formula is C12H20N6O2S. The van der Waals surface area contributed by atoms with Gasteiger partial charge in [0.2, 0.25) is 0 Å². The highest BCUT2D eigenvalue weighted by atomic mass is 32.2. The molecule has 0 amide bonds. The number of nitrogens with zero attached hydrogens (tertiary/aromatic N) is 3. The summed E-state index contributed by atoms with van der Waals surface area (Å²) in [5.74, 6) is 0.638. The Labute approximate surface area is 124 Å². The van der Waals surface area contributed by atoms with Gasteiger partial charge in [0.1, 0.15) is 5.82 Å². The van der Waals surface area contributed by atoms with Crippen LogP contribution in [0.15, 0.2) is 17.4 Å². The van der Waals surface area contributed by atoms with Crippen LogP contribution in [0.4, 0.5) is 0 Å². The van der Waals surface area contributed by atoms with E-state index in [-0.39, 0.29) is 11.6 Å². The molecule has 0 saturated carbocycles. The van der Waals surface area contributed by atoms with Crippen molar-refractivity contribution in [3.63, 3.8) is 0 Å². The summed E-state index contributed by atoms with van der Waals surface area (Å²) in [4.78, 5) is 4.09. The first-order valence-corrected chi connectivity index (χ1v) is 8.14. The normalized spacial score (nSPS) is 12.0. The zero-order valence-electron chi connectivity index (χ0n) is 12.3. The summed E-state index contributed by atoms with van der Waals surface area (Å²) in [6, 6.07) is 0. The maximum absolute atomic E-state index is 12.4. The number of H-pyrrole nitrogens is 1. The van der Waals surface area contributed by atoms with E-state index < -0.39 is 10.0 Å². The van der Waals surface area contributed by atoms with Gasteiger partial charge in [-0.3, -0.25) is 5.10 Å². The molecule has 0 spiro atoms. The smallest absolute Gasteiger partial charge is 0.260 e. The van der Waals surface area contributed by atoms with E-state index in [2.05, 4.69) is 25.2 Å². The molecule has 0 aliphatic heterocycles. The van der Waals surface area contributed by atoms with Gasteiger partial charge in [0.25, 0.3) is 10.0 Å². The Hall–Kier alpha value is -1.71. The highest BCUT2D eigenvalue weighted by Gasteiger charge is 2.23. The molecule has 9 heteroatoms. The summed E-state index contributed by atoms with van der Waals surface area (Å²) in [6.07, 6.45) is 3.39. The molecule has 2 heterocycles. The topological polar surface area (TPSA) is 105 Å². The Bertz CT molecular complexity index is 703. The third kappa shape index (κ3) is 3.49. The van der Waals surface area contributed by atoms with E-state index in [1.807, 2.05) is 14.0 Å². The number of aromatic amines is 1. The first-order chi connectivity index (χ1) is 9.95. The fourth-order valence-corrected chi connectivity index (χ4v) is 3.08. The number of rotatable bonds is 7. The molecule has 0 fully saturated rings. The lowest BCUT2D eigenvalue weighted by atomic mass is 10.2. The zero-order chi connectivity index (χ0) is 15.5. The van der Waals surface area contributed by atoms with Gasteiger partial charge >= 0.3 is 0 Å². The number of sulfonamides is 1. The van der Waals surface area contributed by atoms with E-state index in [1.165, 1.54) is 0 Å². The number of nitrogens with one attached hydrogen (secondary N) is 3. The van der Waals surface area contributed by atoms with Gasteiger partial charge in [0.05, 0.1) is 6.54 Å². The largest absolute Gasteiger partial charge is 0.337 e. The van der Waals surface area contributed by atoms with Gasteiger partial charge in [-0.05, 0) is 13.5 Å². The van der Waals surface area contributed by atoms with Crippen molar-refractivity contribution in [1.82, 2.24) is 29.8 Å². The maximum atomic E-state index is 12.4. The molecule has 0 aliphatic carbocycles. The molecule has 116 valence electrons. The second-order valence-electron chi connectivity index (χ2n) is 4.69. The van der Waals surface area contributed by atoms with Crippen LogP contribution in [0.1, 0.15) is 24.0 Å². The van der Waals surface area contributed by atoms with Gasteiger partial charge in [-0.2, -0.15) is 5.10 Å². The Morgan fingerprint density at radius 2 is 2.14 bits per heavy atom. The lowest BCUT2D eigenvalue weighted by Crippen LogP contribution is -2.27. The number of imidazole rings is 1. The lowest BCUT2D eigenvalue weighted by molar-refractivity contribution is 0.570. The van der Waals surface area contributed by atoms with Crippen LogP contribution in [0.5, 0.6) is 0 Å². The van der Waals surface area contributed by atoms with E-state index in [9.17, 15) is 8.42 Å². The lowest BCUT2D eigenvalue weighted by Gasteiger charge is -2.07. The van der Waals surface area contributed by atoms with Gasteiger partial charge in [-0.15, -0.1) is 0 Å². The molecule has 2 aromatic rings. The Balaban J connectivity index is 2.18. The first kappa shape index (κ1) is 15.7. The minimum Gasteiger partial charge on any atom is -0.337 e. The summed E-state index contributed by atoms with van der Waals surface area (Å²) >= 11 is 0. The monoisotopic (exact) mass is 312 g/mol. The van der Waals surface area contributed by atoms with E-state index in [1.54, 1.807) is 23.9 Å². The highest BCUT2D eigenvalue weighted by Crippen LogP contribution is 2.16. The highest BCUT2D eigenvalue weighted by molar-refractivity contribution is 7.89. The molecule has 8 nitrogen and oxygen atoms in total. The van der Waals surface area contributed by atoms with E-state index in [0.717, 1.165) is 12.2 Å². The molecule has 21 heavy (non-hydrogen) atoms. The average molecular weight is 312 g/mol. The van der Waals surface area contributed by atoms with Crippen LogP contribution >= 0.6 is 0 Å². The number of aromatic nitrogens is 4. The van der Waals surface area contributed by atoms with Crippen molar-refractivity contribution >= 4 is 10.0 Å². The summed E-state index contributed by atoms with van der Waals surface area (Å²) in [5, 5.41) is 9.80. The summed E-state index contributed by atoms with van der Waals surface area (Å²) in [6.45, 7) is 5.10. The van der Waals surface area contributed by atoms with Crippen molar-refractivity contribution in [2.24, 2.45) is 7.05 Å². The van der Waals surface area contributed by atoms with Crippen LogP contribution in [0.2, 0.25) is 0 Å². The van der Waals surface area contributed by atoms with E-state index in [0.29, 0.717) is 17.9 Å². The molecule has 2 aromatic heterocycles. The third-order valence-corrected chi connectivity index (χ3v) is 4.55. The predicted octanol–water partition coefficient (Wildman–Crippen LogP) is 0.0396. The van der Waals surface area contributed by atoms with Crippen LogP contribution in [0.25, 0.3) is 0 Å². The summed E-state index contributed by atoms with van der Waals surface area (Å²) < 4.78 is 29.0. The quantitative estimate of drug-likeness (QED) is 0.669. The van der Waals surface area contributed by atoms with Crippen LogP contribution in [0.3, 0.4) is 0 Å². The zero-order valence-corrected chi connectivity index (χ0v) is 13.2. The molecule has 3 N–H and O–H groups in total. The van der Waals surface area contributed by atoms with Crippen molar-refractivity contribution in [3.05, 3.63) is 29.5 Å². The van der Waals surface area contributed by atoms with Crippen molar-refractivity contribution in [1.29, 1.82) is 0 Å². The minimum atomic E-state index is -3.68. The average Bonchev–Trinajstić information content (AvgIpc) is 3.01. The van der Waals surface area contributed by atoms with Gasteiger partial charge < -0.3 is 9.88 Å². The minimum absolute atomic E-state index is 0.0372. The molecule has 0 saturated heterocycles. The van der Waals surface area contributed by atoms with Crippen molar-refractivity contribution in [2.75, 3.05) is 6.54 Å². The SMILES string of the molecule is CCNCc1c(S(=O)(=O)NCc2nccn2C)n[nH]c1C. The van der Waals surface area contributed by atoms with Crippen LogP contribution < -0.4 is 10.0 Å². The molecule has 0 aliphatic rings. The molecule has 0 atom stereocenters. The van der Waals surface area contributed by atoms with Crippen molar-refractivity contribution in [2.45, 2.75) is 32.0 Å². The Kier molecular flexibility index (Phi) is 4.76. The molecule has 2 rings (SSSR count). The second-order valence-corrected chi connectivity index (χ2v) is 6.37. The van der Waals surface area contributed by atoms with Crippen molar-refractivity contribution < 1.29 is 8.42 Å². The van der Waals surface area contributed by atoms with Gasteiger partial charge in [0.15, 0.2) is 5.03 Å². The van der Waals surface area contributed by atoms with Gasteiger partial charge in [0, 0.05) is 37.2 Å². The molecule has 0 radical (unpaired) electrons. The molecule has 0 unspecified atom stereocenters. The van der Waals surface area contributed by atoms with Gasteiger partial charge in [-0.25, -0.2) is 18.1 Å². The number of aryl methyl sites for hydroxylation is 2. The summed E-state index contributed by atoms with van der Waals surface area (Å²) in [7, 11) is -1.87.